The van der Waals surface area contributed by atoms with Crippen LogP contribution in [-0.2, 0) is 5.33 Å². The molecular weight excluding hydrogens is 292 g/mol. The van der Waals surface area contributed by atoms with Gasteiger partial charge in [0.25, 0.3) is 5.69 Å². The number of nitro groups is 1. The van der Waals surface area contributed by atoms with Gasteiger partial charge in [-0.25, -0.2) is 0 Å². The average Bonchev–Trinajstić information content (AvgIpc) is 2.34. The summed E-state index contributed by atoms with van der Waals surface area (Å²) in [5, 5.41) is 19.6. The number of rotatable bonds is 5. The third kappa shape index (κ3) is 3.07. The van der Waals surface area contributed by atoms with Gasteiger partial charge in [0.1, 0.15) is 6.07 Å². The Hall–Kier alpha value is -1.81. The Balaban J connectivity index is 3.24. The first-order valence-corrected chi connectivity index (χ1v) is 5.67. The first-order chi connectivity index (χ1) is 8.13. The van der Waals surface area contributed by atoms with Gasteiger partial charge in [-0.1, -0.05) is 15.9 Å². The van der Waals surface area contributed by atoms with Crippen LogP contribution < -0.4 is 9.47 Å². The summed E-state index contributed by atoms with van der Waals surface area (Å²) in [6, 6.07) is 4.56. The van der Waals surface area contributed by atoms with Crippen molar-refractivity contribution in [2.45, 2.75) is 5.33 Å². The van der Waals surface area contributed by atoms with E-state index in [0.29, 0.717) is 16.6 Å². The van der Waals surface area contributed by atoms with Crippen LogP contribution in [0, 0.1) is 21.4 Å². The van der Waals surface area contributed by atoms with Crippen LogP contribution in [-0.4, -0.2) is 18.6 Å². The number of ether oxygens (including phenoxy) is 2. The lowest BCUT2D eigenvalue weighted by molar-refractivity contribution is -0.385. The summed E-state index contributed by atoms with van der Waals surface area (Å²) in [6.45, 7) is -0.193. The normalized spacial score (nSPS) is 9.47. The highest BCUT2D eigenvalue weighted by atomic mass is 79.9. The number of halogens is 1. The van der Waals surface area contributed by atoms with Gasteiger partial charge in [0.15, 0.2) is 18.1 Å². The largest absolute Gasteiger partial charge is 0.493 e. The van der Waals surface area contributed by atoms with Gasteiger partial charge in [-0.3, -0.25) is 10.1 Å². The van der Waals surface area contributed by atoms with E-state index >= 15 is 0 Å². The number of nitriles is 1. The SMILES string of the molecule is COc1cc(CBr)c([N+](=O)[O-])cc1OCC#N. The van der Waals surface area contributed by atoms with Crippen molar-refractivity contribution < 1.29 is 14.4 Å². The summed E-state index contributed by atoms with van der Waals surface area (Å²) < 4.78 is 10.1. The van der Waals surface area contributed by atoms with E-state index < -0.39 is 4.92 Å². The lowest BCUT2D eigenvalue weighted by Gasteiger charge is -2.09. The Morgan fingerprint density at radius 1 is 1.53 bits per heavy atom. The molecule has 0 saturated heterocycles. The Kier molecular flexibility index (Phi) is 4.72. The van der Waals surface area contributed by atoms with E-state index in [2.05, 4.69) is 15.9 Å². The second kappa shape index (κ2) is 6.06. The summed E-state index contributed by atoms with van der Waals surface area (Å²) in [6.07, 6.45) is 0. The number of nitrogens with zero attached hydrogens (tertiary/aromatic N) is 2. The minimum Gasteiger partial charge on any atom is -0.493 e. The number of methoxy groups -OCH3 is 1. The highest BCUT2D eigenvalue weighted by molar-refractivity contribution is 9.08. The van der Waals surface area contributed by atoms with Gasteiger partial charge in [-0.2, -0.15) is 5.26 Å². The van der Waals surface area contributed by atoms with Crippen LogP contribution in [0.1, 0.15) is 5.56 Å². The Morgan fingerprint density at radius 2 is 2.24 bits per heavy atom. The monoisotopic (exact) mass is 300 g/mol. The van der Waals surface area contributed by atoms with Gasteiger partial charge in [0, 0.05) is 10.9 Å². The van der Waals surface area contributed by atoms with Crippen LogP contribution in [0.5, 0.6) is 11.5 Å². The molecule has 1 rings (SSSR count). The molecule has 0 fully saturated rings. The van der Waals surface area contributed by atoms with Gasteiger partial charge in [-0.05, 0) is 6.07 Å². The molecular formula is C10H9BrN2O4. The number of nitro benzene ring substituents is 1. The van der Waals surface area contributed by atoms with Crippen molar-refractivity contribution in [1.82, 2.24) is 0 Å². The van der Waals surface area contributed by atoms with E-state index in [4.69, 9.17) is 14.7 Å². The molecule has 17 heavy (non-hydrogen) atoms. The zero-order chi connectivity index (χ0) is 12.8. The smallest absolute Gasteiger partial charge is 0.277 e. The van der Waals surface area contributed by atoms with Crippen molar-refractivity contribution in [2.75, 3.05) is 13.7 Å². The molecule has 0 radical (unpaired) electrons. The van der Waals surface area contributed by atoms with Crippen LogP contribution >= 0.6 is 15.9 Å². The molecule has 0 aliphatic rings. The van der Waals surface area contributed by atoms with Gasteiger partial charge in [0.05, 0.1) is 18.1 Å². The summed E-state index contributed by atoms with van der Waals surface area (Å²) in [5.74, 6) is 0.547. The fraction of sp³-hybridized carbons (Fsp3) is 0.300. The lowest BCUT2D eigenvalue weighted by Crippen LogP contribution is -2.00. The standard InChI is InChI=1S/C10H9BrN2O4/c1-16-9-4-7(6-11)8(13(14)15)5-10(9)17-3-2-12/h4-5H,3,6H2,1H3. The number of hydrogen-bond donors (Lipinski definition) is 0. The van der Waals surface area contributed by atoms with Crippen LogP contribution in [0.2, 0.25) is 0 Å². The van der Waals surface area contributed by atoms with Crippen LogP contribution in [0.15, 0.2) is 12.1 Å². The maximum Gasteiger partial charge on any atom is 0.277 e. The average molecular weight is 301 g/mol. The third-order valence-electron chi connectivity index (χ3n) is 2.00. The molecule has 7 heteroatoms. The highest BCUT2D eigenvalue weighted by Crippen LogP contribution is 2.35. The summed E-state index contributed by atoms with van der Waals surface area (Å²) in [7, 11) is 1.43. The molecule has 0 saturated carbocycles. The minimum absolute atomic E-state index is 0.0735. The van der Waals surface area contributed by atoms with Crippen molar-refractivity contribution in [3.05, 3.63) is 27.8 Å². The Bertz CT molecular complexity index is 470. The van der Waals surface area contributed by atoms with Crippen LogP contribution in [0.25, 0.3) is 0 Å². The van der Waals surface area contributed by atoms with Crippen molar-refractivity contribution in [2.24, 2.45) is 0 Å². The van der Waals surface area contributed by atoms with Crippen LogP contribution in [0.3, 0.4) is 0 Å². The maximum atomic E-state index is 10.8. The van der Waals surface area contributed by atoms with Crippen molar-refractivity contribution in [3.8, 4) is 17.6 Å². The fourth-order valence-corrected chi connectivity index (χ4v) is 1.70. The molecule has 0 unspecified atom stereocenters. The Morgan fingerprint density at radius 3 is 2.71 bits per heavy atom. The van der Waals surface area contributed by atoms with Crippen molar-refractivity contribution in [3.63, 3.8) is 0 Å². The lowest BCUT2D eigenvalue weighted by atomic mass is 10.2. The Labute approximate surface area is 106 Å². The predicted molar refractivity (Wildman–Crippen MR) is 63.4 cm³/mol. The molecule has 0 N–H and O–H groups in total. The zero-order valence-electron chi connectivity index (χ0n) is 8.97. The summed E-state index contributed by atoms with van der Waals surface area (Å²) in [5.41, 5.74) is 0.409. The molecule has 0 spiro atoms. The van der Waals surface area contributed by atoms with Crippen LogP contribution in [0.4, 0.5) is 5.69 Å². The molecule has 1 aromatic carbocycles. The van der Waals surface area contributed by atoms with E-state index in [-0.39, 0.29) is 18.0 Å². The quantitative estimate of drug-likeness (QED) is 0.473. The topological polar surface area (TPSA) is 85.4 Å². The fourth-order valence-electron chi connectivity index (χ4n) is 1.25. The second-order valence-electron chi connectivity index (χ2n) is 2.97. The molecule has 0 aliphatic carbocycles. The van der Waals surface area contributed by atoms with E-state index in [1.165, 1.54) is 19.2 Å². The van der Waals surface area contributed by atoms with Crippen molar-refractivity contribution >= 4 is 21.6 Å². The molecule has 0 amide bonds. The van der Waals surface area contributed by atoms with E-state index in [1.807, 2.05) is 0 Å². The first kappa shape index (κ1) is 13.3. The second-order valence-corrected chi connectivity index (χ2v) is 3.53. The molecule has 0 atom stereocenters. The van der Waals surface area contributed by atoms with Gasteiger partial charge in [0.2, 0.25) is 0 Å². The molecule has 6 nitrogen and oxygen atoms in total. The molecule has 1 aromatic rings. The van der Waals surface area contributed by atoms with Crippen molar-refractivity contribution in [1.29, 1.82) is 5.26 Å². The maximum absolute atomic E-state index is 10.8. The van der Waals surface area contributed by atoms with Gasteiger partial charge in [-0.15, -0.1) is 0 Å². The molecule has 0 heterocycles. The van der Waals surface area contributed by atoms with E-state index in [0.717, 1.165) is 0 Å². The zero-order valence-corrected chi connectivity index (χ0v) is 10.6. The number of alkyl halides is 1. The number of benzene rings is 1. The van der Waals surface area contributed by atoms with Gasteiger partial charge < -0.3 is 9.47 Å². The molecule has 90 valence electrons. The van der Waals surface area contributed by atoms with E-state index in [9.17, 15) is 10.1 Å². The predicted octanol–water partition coefficient (Wildman–Crippen LogP) is 2.40. The summed E-state index contributed by atoms with van der Waals surface area (Å²) in [4.78, 5) is 10.3. The van der Waals surface area contributed by atoms with Gasteiger partial charge >= 0.3 is 0 Å². The minimum atomic E-state index is -0.505. The summed E-state index contributed by atoms with van der Waals surface area (Å²) >= 11 is 3.16. The van der Waals surface area contributed by atoms with E-state index in [1.54, 1.807) is 6.07 Å². The first-order valence-electron chi connectivity index (χ1n) is 4.55. The highest BCUT2D eigenvalue weighted by Gasteiger charge is 2.18. The third-order valence-corrected chi connectivity index (χ3v) is 2.60. The molecule has 0 bridgehead atoms. The molecule has 0 aliphatic heterocycles. The number of hydrogen-bond acceptors (Lipinski definition) is 5. The molecule has 0 aromatic heterocycles.